The number of nitrogens with one attached hydrogen (secondary N) is 1. The van der Waals surface area contributed by atoms with Crippen LogP contribution in [0.25, 0.3) is 0 Å². The van der Waals surface area contributed by atoms with Crippen LogP contribution >= 0.6 is 0 Å². The molecule has 2 heterocycles. The summed E-state index contributed by atoms with van der Waals surface area (Å²) in [5.74, 6) is 0.574. The molecule has 0 aliphatic carbocycles. The standard InChI is InChI=1S/C25H31N3O2.C2H6/c1-26-18-19-6-4-7-21(16-19)20-10-14-28(15-11-20)25(30)23-9-5-8-22(17-23)24(29)27-12-2-3-13-27;1-2/h4-9,16-17,20,26H,2-3,10-15,18H2,1H3;1-2H3. The molecule has 2 fully saturated rings. The van der Waals surface area contributed by atoms with E-state index in [1.165, 1.54) is 11.1 Å². The summed E-state index contributed by atoms with van der Waals surface area (Å²) in [4.78, 5) is 29.6. The summed E-state index contributed by atoms with van der Waals surface area (Å²) in [6, 6.07) is 16.0. The molecule has 32 heavy (non-hydrogen) atoms. The van der Waals surface area contributed by atoms with Gasteiger partial charge in [-0.3, -0.25) is 9.59 Å². The zero-order chi connectivity index (χ0) is 22.9. The van der Waals surface area contributed by atoms with Gasteiger partial charge < -0.3 is 15.1 Å². The van der Waals surface area contributed by atoms with E-state index in [2.05, 4.69) is 29.6 Å². The normalized spacial score (nSPS) is 16.5. The minimum Gasteiger partial charge on any atom is -0.339 e. The van der Waals surface area contributed by atoms with E-state index in [4.69, 9.17) is 0 Å². The maximum absolute atomic E-state index is 13.1. The van der Waals surface area contributed by atoms with Crippen LogP contribution < -0.4 is 5.32 Å². The molecular formula is C27H37N3O2. The molecule has 2 saturated heterocycles. The number of carbonyl (C=O) groups is 2. The minimum atomic E-state index is 0.0356. The quantitative estimate of drug-likeness (QED) is 0.741. The molecule has 0 spiro atoms. The highest BCUT2D eigenvalue weighted by Gasteiger charge is 2.26. The topological polar surface area (TPSA) is 52.7 Å². The van der Waals surface area contributed by atoms with Gasteiger partial charge in [-0.2, -0.15) is 0 Å². The van der Waals surface area contributed by atoms with Crippen LogP contribution in [0.3, 0.4) is 0 Å². The van der Waals surface area contributed by atoms with Gasteiger partial charge in [0.05, 0.1) is 0 Å². The summed E-state index contributed by atoms with van der Waals surface area (Å²) in [7, 11) is 1.96. The SMILES string of the molecule is CC.CNCc1cccc(C2CCN(C(=O)c3cccc(C(=O)N4CCCC4)c3)CC2)c1. The van der Waals surface area contributed by atoms with Gasteiger partial charge in [0, 0.05) is 43.9 Å². The van der Waals surface area contributed by atoms with E-state index >= 15 is 0 Å². The molecule has 4 rings (SSSR count). The fourth-order valence-electron chi connectivity index (χ4n) is 4.65. The Balaban J connectivity index is 0.00000141. The average molecular weight is 436 g/mol. The summed E-state index contributed by atoms with van der Waals surface area (Å²) < 4.78 is 0. The van der Waals surface area contributed by atoms with Crippen LogP contribution in [0.4, 0.5) is 0 Å². The zero-order valence-corrected chi connectivity index (χ0v) is 19.8. The highest BCUT2D eigenvalue weighted by molar-refractivity contribution is 5.99. The van der Waals surface area contributed by atoms with Crippen LogP contribution in [0.2, 0.25) is 0 Å². The molecule has 2 aliphatic rings. The molecule has 2 aliphatic heterocycles. The first-order valence-corrected chi connectivity index (χ1v) is 12.1. The Morgan fingerprint density at radius 1 is 0.844 bits per heavy atom. The first-order valence-electron chi connectivity index (χ1n) is 12.1. The van der Waals surface area contributed by atoms with Crippen molar-refractivity contribution in [3.63, 3.8) is 0 Å². The van der Waals surface area contributed by atoms with E-state index in [-0.39, 0.29) is 11.8 Å². The average Bonchev–Trinajstić information content (AvgIpc) is 3.40. The van der Waals surface area contributed by atoms with Crippen molar-refractivity contribution in [1.29, 1.82) is 0 Å². The van der Waals surface area contributed by atoms with E-state index in [1.54, 1.807) is 6.07 Å². The molecule has 0 atom stereocenters. The van der Waals surface area contributed by atoms with Crippen LogP contribution in [0.1, 0.15) is 77.3 Å². The van der Waals surface area contributed by atoms with Crippen molar-refractivity contribution in [3.8, 4) is 0 Å². The number of benzene rings is 2. The van der Waals surface area contributed by atoms with Crippen LogP contribution in [0.15, 0.2) is 48.5 Å². The molecule has 1 N–H and O–H groups in total. The van der Waals surface area contributed by atoms with E-state index in [0.717, 1.165) is 58.4 Å². The van der Waals surface area contributed by atoms with E-state index in [0.29, 0.717) is 17.0 Å². The molecular weight excluding hydrogens is 398 g/mol. The summed E-state index contributed by atoms with van der Waals surface area (Å²) in [5.41, 5.74) is 3.91. The Kier molecular flexibility index (Phi) is 8.86. The number of hydrogen-bond donors (Lipinski definition) is 1. The lowest BCUT2D eigenvalue weighted by Gasteiger charge is -2.32. The molecule has 5 heteroatoms. The predicted molar refractivity (Wildman–Crippen MR) is 130 cm³/mol. The Hall–Kier alpha value is -2.66. The minimum absolute atomic E-state index is 0.0356. The number of likely N-dealkylation sites (tertiary alicyclic amines) is 2. The highest BCUT2D eigenvalue weighted by Crippen LogP contribution is 2.29. The number of amides is 2. The Labute approximate surface area is 192 Å². The molecule has 0 saturated carbocycles. The van der Waals surface area contributed by atoms with Gasteiger partial charge in [-0.1, -0.05) is 44.2 Å². The van der Waals surface area contributed by atoms with Gasteiger partial charge >= 0.3 is 0 Å². The molecule has 2 aromatic rings. The zero-order valence-electron chi connectivity index (χ0n) is 19.8. The molecule has 0 bridgehead atoms. The van der Waals surface area contributed by atoms with Crippen LogP contribution in [-0.2, 0) is 6.54 Å². The number of carbonyl (C=O) groups excluding carboxylic acids is 2. The lowest BCUT2D eigenvalue weighted by molar-refractivity contribution is 0.0713. The fraction of sp³-hybridized carbons (Fsp3) is 0.481. The lowest BCUT2D eigenvalue weighted by atomic mass is 9.88. The van der Waals surface area contributed by atoms with E-state index < -0.39 is 0 Å². The van der Waals surface area contributed by atoms with Gasteiger partial charge in [-0.05, 0) is 68.0 Å². The first-order chi connectivity index (χ1) is 15.7. The Bertz CT molecular complexity index is 897. The third-order valence-electron chi connectivity index (χ3n) is 6.34. The molecule has 2 aromatic carbocycles. The van der Waals surface area contributed by atoms with Crippen molar-refractivity contribution in [1.82, 2.24) is 15.1 Å². The van der Waals surface area contributed by atoms with Gasteiger partial charge in [0.2, 0.25) is 0 Å². The molecule has 172 valence electrons. The lowest BCUT2D eigenvalue weighted by Crippen LogP contribution is -2.38. The van der Waals surface area contributed by atoms with Crippen molar-refractivity contribution in [2.75, 3.05) is 33.2 Å². The maximum Gasteiger partial charge on any atom is 0.253 e. The third-order valence-corrected chi connectivity index (χ3v) is 6.34. The van der Waals surface area contributed by atoms with E-state index in [9.17, 15) is 9.59 Å². The van der Waals surface area contributed by atoms with Crippen molar-refractivity contribution in [3.05, 3.63) is 70.8 Å². The number of nitrogens with zero attached hydrogens (tertiary/aromatic N) is 2. The maximum atomic E-state index is 13.1. The van der Waals surface area contributed by atoms with Gasteiger partial charge in [0.1, 0.15) is 0 Å². The molecule has 0 radical (unpaired) electrons. The second-order valence-electron chi connectivity index (χ2n) is 8.42. The summed E-state index contributed by atoms with van der Waals surface area (Å²) in [5, 5.41) is 3.20. The predicted octanol–water partition coefficient (Wildman–Crippen LogP) is 4.69. The van der Waals surface area contributed by atoms with Crippen molar-refractivity contribution in [2.24, 2.45) is 0 Å². The summed E-state index contributed by atoms with van der Waals surface area (Å²) >= 11 is 0. The van der Waals surface area contributed by atoms with Gasteiger partial charge in [0.25, 0.3) is 11.8 Å². The smallest absolute Gasteiger partial charge is 0.253 e. The first kappa shape index (κ1) is 24.0. The largest absolute Gasteiger partial charge is 0.339 e. The molecule has 0 aromatic heterocycles. The summed E-state index contributed by atoms with van der Waals surface area (Å²) in [6.45, 7) is 8.02. The van der Waals surface area contributed by atoms with Crippen LogP contribution in [0, 0.1) is 0 Å². The Morgan fingerprint density at radius 3 is 2.00 bits per heavy atom. The Morgan fingerprint density at radius 2 is 1.41 bits per heavy atom. The number of piperidine rings is 1. The highest BCUT2D eigenvalue weighted by atomic mass is 16.2. The fourth-order valence-corrected chi connectivity index (χ4v) is 4.65. The monoisotopic (exact) mass is 435 g/mol. The van der Waals surface area contributed by atoms with Gasteiger partial charge in [0.15, 0.2) is 0 Å². The van der Waals surface area contributed by atoms with Crippen molar-refractivity contribution < 1.29 is 9.59 Å². The summed E-state index contributed by atoms with van der Waals surface area (Å²) in [6.07, 6.45) is 4.08. The second-order valence-corrected chi connectivity index (χ2v) is 8.42. The van der Waals surface area contributed by atoms with Gasteiger partial charge in [-0.25, -0.2) is 0 Å². The van der Waals surface area contributed by atoms with Crippen LogP contribution in [0.5, 0.6) is 0 Å². The van der Waals surface area contributed by atoms with Gasteiger partial charge in [-0.15, -0.1) is 0 Å². The number of rotatable bonds is 5. The number of hydrogen-bond acceptors (Lipinski definition) is 3. The second kappa shape index (κ2) is 11.8. The molecule has 0 unspecified atom stereocenters. The molecule has 5 nitrogen and oxygen atoms in total. The van der Waals surface area contributed by atoms with Crippen molar-refractivity contribution in [2.45, 2.75) is 52.0 Å². The van der Waals surface area contributed by atoms with Crippen LogP contribution in [-0.4, -0.2) is 54.8 Å². The van der Waals surface area contributed by atoms with Crippen molar-refractivity contribution >= 4 is 11.8 Å². The molecule has 2 amide bonds. The third kappa shape index (κ3) is 5.77. The van der Waals surface area contributed by atoms with E-state index in [1.807, 2.05) is 48.9 Å².